The molecule has 1 rings (SSSR count). The van der Waals surface area contributed by atoms with E-state index in [9.17, 15) is 4.79 Å². The Kier molecular flexibility index (Phi) is 5.54. The van der Waals surface area contributed by atoms with Gasteiger partial charge >= 0.3 is 0 Å². The highest BCUT2D eigenvalue weighted by Gasteiger charge is 2.14. The van der Waals surface area contributed by atoms with Crippen LogP contribution in [0.2, 0.25) is 0 Å². The number of nitrogens with zero attached hydrogens (tertiary/aromatic N) is 1. The zero-order valence-corrected chi connectivity index (χ0v) is 10.0. The SMILES string of the molecule is C#CCNCC(=O)NC(CC)c1nccs1. The molecule has 0 aliphatic rings. The molecule has 0 bridgehead atoms. The van der Waals surface area contributed by atoms with E-state index in [2.05, 4.69) is 21.5 Å². The number of hydrogen-bond donors (Lipinski definition) is 2. The van der Waals surface area contributed by atoms with E-state index in [-0.39, 0.29) is 18.5 Å². The second-order valence-corrected chi connectivity index (χ2v) is 4.13. The molecule has 16 heavy (non-hydrogen) atoms. The molecule has 1 aromatic rings. The van der Waals surface area contributed by atoms with E-state index >= 15 is 0 Å². The van der Waals surface area contributed by atoms with Crippen LogP contribution in [-0.4, -0.2) is 24.0 Å². The normalized spacial score (nSPS) is 11.8. The average Bonchev–Trinajstić information content (AvgIpc) is 2.79. The fourth-order valence-corrected chi connectivity index (χ4v) is 2.01. The highest BCUT2D eigenvalue weighted by Crippen LogP contribution is 2.18. The third kappa shape index (κ3) is 4.01. The van der Waals surface area contributed by atoms with E-state index in [0.717, 1.165) is 11.4 Å². The van der Waals surface area contributed by atoms with Crippen LogP contribution in [0.3, 0.4) is 0 Å². The van der Waals surface area contributed by atoms with E-state index in [1.165, 1.54) is 0 Å². The van der Waals surface area contributed by atoms with Crippen LogP contribution in [0.4, 0.5) is 0 Å². The first-order valence-electron chi connectivity index (χ1n) is 5.10. The number of amides is 1. The van der Waals surface area contributed by atoms with Gasteiger partial charge in [0.2, 0.25) is 5.91 Å². The first kappa shape index (κ1) is 12.7. The van der Waals surface area contributed by atoms with Gasteiger partial charge in [0, 0.05) is 11.6 Å². The summed E-state index contributed by atoms with van der Waals surface area (Å²) in [6, 6.07) is 0.000126. The monoisotopic (exact) mass is 237 g/mol. The maximum absolute atomic E-state index is 11.5. The quantitative estimate of drug-likeness (QED) is 0.572. The largest absolute Gasteiger partial charge is 0.346 e. The number of nitrogens with one attached hydrogen (secondary N) is 2. The Labute approximate surface area is 99.5 Å². The maximum Gasteiger partial charge on any atom is 0.234 e. The second-order valence-electron chi connectivity index (χ2n) is 3.21. The Morgan fingerprint density at radius 2 is 2.56 bits per heavy atom. The van der Waals surface area contributed by atoms with Gasteiger partial charge in [0.25, 0.3) is 0 Å². The Balaban J connectivity index is 2.39. The van der Waals surface area contributed by atoms with E-state index in [1.807, 2.05) is 12.3 Å². The number of carbonyl (C=O) groups excluding carboxylic acids is 1. The van der Waals surface area contributed by atoms with Crippen molar-refractivity contribution >= 4 is 17.2 Å². The van der Waals surface area contributed by atoms with E-state index in [4.69, 9.17) is 6.42 Å². The lowest BCUT2D eigenvalue weighted by molar-refractivity contribution is -0.121. The first-order chi connectivity index (χ1) is 7.77. The molecule has 0 spiro atoms. The predicted molar refractivity (Wildman–Crippen MR) is 65.0 cm³/mol. The highest BCUT2D eigenvalue weighted by atomic mass is 32.1. The molecule has 1 amide bonds. The van der Waals surface area contributed by atoms with Crippen molar-refractivity contribution in [3.63, 3.8) is 0 Å². The van der Waals surface area contributed by atoms with Crippen molar-refractivity contribution in [1.82, 2.24) is 15.6 Å². The molecule has 0 saturated carbocycles. The van der Waals surface area contributed by atoms with Crippen LogP contribution in [0, 0.1) is 12.3 Å². The molecule has 1 heterocycles. The van der Waals surface area contributed by atoms with Crippen LogP contribution in [0.5, 0.6) is 0 Å². The number of terminal acetylenes is 1. The second kappa shape index (κ2) is 6.99. The number of hydrogen-bond acceptors (Lipinski definition) is 4. The zero-order chi connectivity index (χ0) is 11.8. The fourth-order valence-electron chi connectivity index (χ4n) is 1.24. The van der Waals surface area contributed by atoms with Gasteiger partial charge in [0.15, 0.2) is 0 Å². The number of carbonyl (C=O) groups is 1. The smallest absolute Gasteiger partial charge is 0.234 e. The maximum atomic E-state index is 11.5. The van der Waals surface area contributed by atoms with Crippen molar-refractivity contribution in [1.29, 1.82) is 0 Å². The number of rotatable bonds is 6. The molecular weight excluding hydrogens is 222 g/mol. The summed E-state index contributed by atoms with van der Waals surface area (Å²) < 4.78 is 0. The molecule has 0 radical (unpaired) electrons. The summed E-state index contributed by atoms with van der Waals surface area (Å²) in [4.78, 5) is 15.7. The van der Waals surface area contributed by atoms with Crippen molar-refractivity contribution in [3.05, 3.63) is 16.6 Å². The van der Waals surface area contributed by atoms with Crippen molar-refractivity contribution in [2.75, 3.05) is 13.1 Å². The summed E-state index contributed by atoms with van der Waals surface area (Å²) in [5.74, 6) is 2.36. The van der Waals surface area contributed by atoms with Crippen molar-refractivity contribution in [2.45, 2.75) is 19.4 Å². The van der Waals surface area contributed by atoms with Crippen LogP contribution in [0.25, 0.3) is 0 Å². The molecule has 1 unspecified atom stereocenters. The predicted octanol–water partition coefficient (Wildman–Crippen LogP) is 0.933. The molecule has 0 saturated heterocycles. The molecule has 0 aliphatic carbocycles. The molecule has 86 valence electrons. The van der Waals surface area contributed by atoms with Crippen molar-refractivity contribution < 1.29 is 4.79 Å². The third-order valence-electron chi connectivity index (χ3n) is 2.01. The van der Waals surface area contributed by atoms with Crippen LogP contribution in [-0.2, 0) is 4.79 Å². The van der Waals surface area contributed by atoms with Crippen LogP contribution in [0.1, 0.15) is 24.4 Å². The van der Waals surface area contributed by atoms with Gasteiger partial charge in [0.05, 0.1) is 19.1 Å². The highest BCUT2D eigenvalue weighted by molar-refractivity contribution is 7.09. The van der Waals surface area contributed by atoms with Crippen LogP contribution < -0.4 is 10.6 Å². The standard InChI is InChI=1S/C11H15N3OS/c1-3-5-12-8-10(15)14-9(4-2)11-13-6-7-16-11/h1,6-7,9,12H,4-5,8H2,2H3,(H,14,15). The van der Waals surface area contributed by atoms with Crippen molar-refractivity contribution in [3.8, 4) is 12.3 Å². The zero-order valence-electron chi connectivity index (χ0n) is 9.19. The summed E-state index contributed by atoms with van der Waals surface area (Å²) in [5, 5.41) is 8.59. The fraction of sp³-hybridized carbons (Fsp3) is 0.455. The summed E-state index contributed by atoms with van der Waals surface area (Å²) in [6.07, 6.45) is 7.64. The average molecular weight is 237 g/mol. The number of aromatic nitrogens is 1. The van der Waals surface area contributed by atoms with Gasteiger partial charge in [0.1, 0.15) is 5.01 Å². The summed E-state index contributed by atoms with van der Waals surface area (Å²) in [7, 11) is 0. The minimum atomic E-state index is -0.0581. The minimum Gasteiger partial charge on any atom is -0.346 e. The van der Waals surface area contributed by atoms with Gasteiger partial charge in [-0.15, -0.1) is 17.8 Å². The van der Waals surface area contributed by atoms with Gasteiger partial charge in [-0.1, -0.05) is 12.8 Å². The van der Waals surface area contributed by atoms with Gasteiger partial charge in [-0.3, -0.25) is 10.1 Å². The van der Waals surface area contributed by atoms with E-state index in [0.29, 0.717) is 6.54 Å². The van der Waals surface area contributed by atoms with Crippen LogP contribution in [0.15, 0.2) is 11.6 Å². The molecule has 5 heteroatoms. The first-order valence-corrected chi connectivity index (χ1v) is 5.98. The molecule has 0 aliphatic heterocycles. The lowest BCUT2D eigenvalue weighted by Gasteiger charge is -2.14. The minimum absolute atomic E-state index is 0.000126. The molecule has 1 aromatic heterocycles. The van der Waals surface area contributed by atoms with Crippen molar-refractivity contribution in [2.24, 2.45) is 0 Å². The Hall–Kier alpha value is -1.38. The topological polar surface area (TPSA) is 54.0 Å². The summed E-state index contributed by atoms with van der Waals surface area (Å²) in [6.45, 7) is 2.66. The summed E-state index contributed by atoms with van der Waals surface area (Å²) in [5.41, 5.74) is 0. The van der Waals surface area contributed by atoms with Gasteiger partial charge in [-0.05, 0) is 6.42 Å². The van der Waals surface area contributed by atoms with E-state index < -0.39 is 0 Å². The molecule has 0 fully saturated rings. The Morgan fingerprint density at radius 3 is 3.12 bits per heavy atom. The van der Waals surface area contributed by atoms with E-state index in [1.54, 1.807) is 17.5 Å². The van der Waals surface area contributed by atoms with Gasteiger partial charge in [-0.2, -0.15) is 0 Å². The Bertz CT molecular complexity index is 356. The Morgan fingerprint density at radius 1 is 1.75 bits per heavy atom. The lowest BCUT2D eigenvalue weighted by Crippen LogP contribution is -2.36. The van der Waals surface area contributed by atoms with Gasteiger partial charge in [-0.25, -0.2) is 4.98 Å². The summed E-state index contributed by atoms with van der Waals surface area (Å²) >= 11 is 1.55. The molecule has 1 atom stereocenters. The van der Waals surface area contributed by atoms with Gasteiger partial charge < -0.3 is 5.32 Å². The molecule has 2 N–H and O–H groups in total. The molecular formula is C11H15N3OS. The van der Waals surface area contributed by atoms with Crippen LogP contribution >= 0.6 is 11.3 Å². The lowest BCUT2D eigenvalue weighted by atomic mass is 10.2. The molecule has 0 aromatic carbocycles. The third-order valence-corrected chi connectivity index (χ3v) is 2.89. The number of thiazole rings is 1. The molecule has 4 nitrogen and oxygen atoms in total.